The number of hydrogen-bond donors (Lipinski definition) is 1. The normalized spacial score (nSPS) is 12.9. The van der Waals surface area contributed by atoms with Crippen molar-refractivity contribution in [2.45, 2.75) is 20.8 Å². The van der Waals surface area contributed by atoms with Gasteiger partial charge in [-0.1, -0.05) is 32.1 Å². The van der Waals surface area contributed by atoms with Crippen LogP contribution < -0.4 is 5.32 Å². The highest BCUT2D eigenvalue weighted by molar-refractivity contribution is 5.89. The van der Waals surface area contributed by atoms with Crippen LogP contribution in [0.5, 0.6) is 0 Å². The lowest BCUT2D eigenvalue weighted by Crippen LogP contribution is -2.34. The van der Waals surface area contributed by atoms with Crippen molar-refractivity contribution < 1.29 is 18.3 Å². The number of allylic oxidation sites excluding steroid dienone is 5. The summed E-state index contributed by atoms with van der Waals surface area (Å²) in [5.74, 6) is -1.17. The van der Waals surface area contributed by atoms with Crippen LogP contribution in [-0.2, 0) is 4.74 Å². The van der Waals surface area contributed by atoms with Gasteiger partial charge in [-0.25, -0.2) is 13.6 Å². The van der Waals surface area contributed by atoms with E-state index in [9.17, 15) is 13.6 Å². The quantitative estimate of drug-likeness (QED) is 0.403. The average Bonchev–Trinajstić information content (AvgIpc) is 2.57. The molecular weight excluding hydrogens is 324 g/mol. The largest absolute Gasteiger partial charge is 0.461 e. The molecule has 1 rings (SSSR count). The van der Waals surface area contributed by atoms with Gasteiger partial charge in [0.2, 0.25) is 0 Å². The summed E-state index contributed by atoms with van der Waals surface area (Å²) >= 11 is 0. The van der Waals surface area contributed by atoms with Crippen LogP contribution in [0.3, 0.4) is 0 Å². The number of halogens is 2. The Labute approximate surface area is 148 Å². The third-order valence-electron chi connectivity index (χ3n) is 3.26. The third kappa shape index (κ3) is 8.96. The summed E-state index contributed by atoms with van der Waals surface area (Å²) in [7, 11) is 0. The molecule has 0 aromatic heterocycles. The zero-order valence-corrected chi connectivity index (χ0v) is 14.9. The molecule has 136 valence electrons. The van der Waals surface area contributed by atoms with Crippen LogP contribution in [0.1, 0.15) is 31.1 Å². The summed E-state index contributed by atoms with van der Waals surface area (Å²) in [6.07, 6.45) is 7.86. The van der Waals surface area contributed by atoms with Gasteiger partial charge in [-0.3, -0.25) is 0 Å². The Kier molecular flexibility index (Phi) is 8.78. The highest BCUT2D eigenvalue weighted by Crippen LogP contribution is 2.15. The smallest absolute Gasteiger partial charge is 0.338 e. The van der Waals surface area contributed by atoms with E-state index in [4.69, 9.17) is 4.74 Å². The second kappa shape index (κ2) is 10.6. The van der Waals surface area contributed by atoms with Crippen LogP contribution in [0, 0.1) is 11.2 Å². The first-order valence-corrected chi connectivity index (χ1v) is 8.12. The molecule has 0 aliphatic heterocycles. The molecule has 1 N–H and O–H groups in total. The van der Waals surface area contributed by atoms with E-state index >= 15 is 0 Å². The number of hydrogen-bond acceptors (Lipinski definition) is 3. The fourth-order valence-corrected chi connectivity index (χ4v) is 1.92. The molecule has 0 radical (unpaired) electrons. The second-order valence-electron chi connectivity index (χ2n) is 6.36. The zero-order chi connectivity index (χ0) is 18.7. The van der Waals surface area contributed by atoms with E-state index in [-0.39, 0.29) is 17.8 Å². The van der Waals surface area contributed by atoms with Crippen molar-refractivity contribution in [2.75, 3.05) is 19.7 Å². The highest BCUT2D eigenvalue weighted by atomic mass is 19.1. The van der Waals surface area contributed by atoms with Crippen molar-refractivity contribution in [3.05, 3.63) is 71.9 Å². The summed E-state index contributed by atoms with van der Waals surface area (Å²) in [6.45, 7) is 7.12. The first-order chi connectivity index (χ1) is 11.8. The number of rotatable bonds is 9. The molecule has 3 nitrogen and oxygen atoms in total. The van der Waals surface area contributed by atoms with E-state index in [1.165, 1.54) is 36.4 Å². The minimum absolute atomic E-state index is 0.232. The Morgan fingerprint density at radius 1 is 1.28 bits per heavy atom. The molecule has 0 aliphatic rings. The molecule has 0 amide bonds. The molecule has 0 atom stereocenters. The standard InChI is InChI=1S/C20H25F2NO2/c1-4-7-17(21)8-5-6-13-23-14-20(2,3)15-25-19(24)16-9-11-18(22)12-10-16/h4-12,23H,13-15H2,1-3H3/b6-5+,7-4-,17-8+. The molecule has 0 unspecified atom stereocenters. The van der Waals surface area contributed by atoms with Gasteiger partial charge in [-0.15, -0.1) is 0 Å². The Morgan fingerprint density at radius 3 is 2.60 bits per heavy atom. The van der Waals surface area contributed by atoms with Crippen LogP contribution in [0.15, 0.2) is 60.5 Å². The van der Waals surface area contributed by atoms with Gasteiger partial charge in [0.15, 0.2) is 0 Å². The third-order valence-corrected chi connectivity index (χ3v) is 3.26. The lowest BCUT2D eigenvalue weighted by molar-refractivity contribution is 0.0343. The van der Waals surface area contributed by atoms with Crippen molar-refractivity contribution in [1.29, 1.82) is 0 Å². The molecule has 0 heterocycles. The number of carbonyl (C=O) groups excluding carboxylic acids is 1. The molecule has 1 aromatic rings. The van der Waals surface area contributed by atoms with Crippen LogP contribution in [0.4, 0.5) is 8.78 Å². The van der Waals surface area contributed by atoms with Crippen molar-refractivity contribution in [2.24, 2.45) is 5.41 Å². The second-order valence-corrected chi connectivity index (χ2v) is 6.36. The van der Waals surface area contributed by atoms with E-state index in [1.54, 1.807) is 19.1 Å². The molecule has 0 bridgehead atoms. The SMILES string of the molecule is C\C=C/C(F)=C\C=C\CNCC(C)(C)COC(=O)c1ccc(F)cc1. The fraction of sp³-hybridized carbons (Fsp3) is 0.350. The molecule has 25 heavy (non-hydrogen) atoms. The Hall–Kier alpha value is -2.27. The Bertz CT molecular complexity index is 632. The van der Waals surface area contributed by atoms with Crippen LogP contribution >= 0.6 is 0 Å². The van der Waals surface area contributed by atoms with Crippen molar-refractivity contribution in [3.8, 4) is 0 Å². The minimum atomic E-state index is -0.474. The van der Waals surface area contributed by atoms with Gasteiger partial charge in [0.05, 0.1) is 12.2 Å². The maximum absolute atomic E-state index is 13.1. The van der Waals surface area contributed by atoms with E-state index in [0.717, 1.165) is 0 Å². The van der Waals surface area contributed by atoms with Crippen molar-refractivity contribution in [3.63, 3.8) is 0 Å². The van der Waals surface area contributed by atoms with Gasteiger partial charge in [0.25, 0.3) is 0 Å². The van der Waals surface area contributed by atoms with Gasteiger partial charge in [0, 0.05) is 18.5 Å². The van der Waals surface area contributed by atoms with Gasteiger partial charge < -0.3 is 10.1 Å². The van der Waals surface area contributed by atoms with Crippen LogP contribution in [0.25, 0.3) is 0 Å². The molecule has 0 spiro atoms. The summed E-state index contributed by atoms with van der Waals surface area (Å²) < 4.78 is 31.2. The maximum atomic E-state index is 13.1. The van der Waals surface area contributed by atoms with Gasteiger partial charge >= 0.3 is 5.97 Å². The lowest BCUT2D eigenvalue weighted by atomic mass is 9.95. The summed E-state index contributed by atoms with van der Waals surface area (Å²) in [4.78, 5) is 11.9. The molecule has 0 fully saturated rings. The number of benzene rings is 1. The lowest BCUT2D eigenvalue weighted by Gasteiger charge is -2.24. The Morgan fingerprint density at radius 2 is 1.96 bits per heavy atom. The predicted molar refractivity (Wildman–Crippen MR) is 96.5 cm³/mol. The van der Waals surface area contributed by atoms with Crippen LogP contribution in [-0.4, -0.2) is 25.7 Å². The number of ether oxygens (including phenoxy) is 1. The van der Waals surface area contributed by atoms with E-state index < -0.39 is 11.8 Å². The number of nitrogens with one attached hydrogen (secondary N) is 1. The zero-order valence-electron chi connectivity index (χ0n) is 14.9. The predicted octanol–water partition coefficient (Wildman–Crippen LogP) is 4.58. The topological polar surface area (TPSA) is 38.3 Å². The first-order valence-electron chi connectivity index (χ1n) is 8.12. The van der Waals surface area contributed by atoms with E-state index in [0.29, 0.717) is 18.7 Å². The summed E-state index contributed by atoms with van der Waals surface area (Å²) in [5.41, 5.74) is 0.0540. The Balaban J connectivity index is 2.33. The van der Waals surface area contributed by atoms with E-state index in [2.05, 4.69) is 5.32 Å². The van der Waals surface area contributed by atoms with E-state index in [1.807, 2.05) is 19.9 Å². The minimum Gasteiger partial charge on any atom is -0.461 e. The van der Waals surface area contributed by atoms with Gasteiger partial charge in [-0.2, -0.15) is 0 Å². The molecule has 1 aromatic carbocycles. The van der Waals surface area contributed by atoms with Crippen LogP contribution in [0.2, 0.25) is 0 Å². The van der Waals surface area contributed by atoms with Gasteiger partial charge in [-0.05, 0) is 43.3 Å². The monoisotopic (exact) mass is 349 g/mol. The first kappa shape index (κ1) is 20.8. The molecule has 0 saturated carbocycles. The van der Waals surface area contributed by atoms with Crippen molar-refractivity contribution >= 4 is 5.97 Å². The molecule has 5 heteroatoms. The molecule has 0 saturated heterocycles. The molecular formula is C20H25F2NO2. The molecule has 0 aliphatic carbocycles. The highest BCUT2D eigenvalue weighted by Gasteiger charge is 2.20. The average molecular weight is 349 g/mol. The number of carbonyl (C=O) groups is 1. The number of esters is 1. The summed E-state index contributed by atoms with van der Waals surface area (Å²) in [5, 5.41) is 3.20. The van der Waals surface area contributed by atoms with Gasteiger partial charge in [0.1, 0.15) is 11.6 Å². The van der Waals surface area contributed by atoms with Crippen molar-refractivity contribution in [1.82, 2.24) is 5.32 Å². The maximum Gasteiger partial charge on any atom is 0.338 e. The fourth-order valence-electron chi connectivity index (χ4n) is 1.92. The summed E-state index contributed by atoms with van der Waals surface area (Å²) in [6, 6.07) is 5.24.